The van der Waals surface area contributed by atoms with Crippen LogP contribution in [0.15, 0.2) is 57.9 Å². The van der Waals surface area contributed by atoms with Crippen LogP contribution in [0.25, 0.3) is 21.7 Å². The van der Waals surface area contributed by atoms with Crippen molar-refractivity contribution in [1.82, 2.24) is 0 Å². The fourth-order valence-electron chi connectivity index (χ4n) is 2.51. The highest BCUT2D eigenvalue weighted by Crippen LogP contribution is 2.32. The lowest BCUT2D eigenvalue weighted by Crippen LogP contribution is -2.19. The first-order valence-electron chi connectivity index (χ1n) is 7.54. The number of hydrogen-bond acceptors (Lipinski definition) is 5. The zero-order valence-corrected chi connectivity index (χ0v) is 13.7. The molecule has 0 spiro atoms. The first-order valence-corrected chi connectivity index (χ1v) is 7.54. The van der Waals surface area contributed by atoms with Gasteiger partial charge in [0.15, 0.2) is 0 Å². The van der Waals surface area contributed by atoms with E-state index < -0.39 is 5.60 Å². The van der Waals surface area contributed by atoms with Gasteiger partial charge >= 0.3 is 5.63 Å². The van der Waals surface area contributed by atoms with E-state index >= 15 is 0 Å². The maximum absolute atomic E-state index is 11.7. The Kier molecular flexibility index (Phi) is 4.13. The van der Waals surface area contributed by atoms with E-state index in [9.17, 15) is 4.79 Å². The van der Waals surface area contributed by atoms with Gasteiger partial charge in [-0.15, -0.1) is 0 Å². The molecule has 0 atom stereocenters. The molecule has 0 aliphatic carbocycles. The van der Waals surface area contributed by atoms with Crippen molar-refractivity contribution in [2.45, 2.75) is 26.4 Å². The van der Waals surface area contributed by atoms with E-state index in [4.69, 9.17) is 14.4 Å². The van der Waals surface area contributed by atoms with Gasteiger partial charge in [-0.3, -0.25) is 5.26 Å². The zero-order valence-electron chi connectivity index (χ0n) is 13.7. The molecule has 3 aromatic rings. The van der Waals surface area contributed by atoms with E-state index in [1.165, 1.54) is 12.3 Å². The lowest BCUT2D eigenvalue weighted by atomic mass is 10.0. The minimum absolute atomic E-state index is 0.374. The van der Waals surface area contributed by atoms with Crippen LogP contribution in [0.4, 0.5) is 0 Å². The lowest BCUT2D eigenvalue weighted by Gasteiger charge is -2.14. The molecule has 0 saturated carbocycles. The van der Waals surface area contributed by atoms with Gasteiger partial charge in [0.25, 0.3) is 0 Å². The third-order valence-electron chi connectivity index (χ3n) is 3.83. The molecule has 0 amide bonds. The van der Waals surface area contributed by atoms with Gasteiger partial charge in [0, 0.05) is 22.2 Å². The van der Waals surface area contributed by atoms with Crippen LogP contribution in [0.3, 0.4) is 0 Å². The molecule has 1 heterocycles. The van der Waals surface area contributed by atoms with E-state index in [2.05, 4.69) is 4.89 Å². The Balaban J connectivity index is 2.11. The molecular weight excluding hydrogens is 308 g/mol. The summed E-state index contributed by atoms with van der Waals surface area (Å²) in [5.74, 6) is 0.614. The molecule has 1 aromatic heterocycles. The molecule has 0 saturated heterocycles. The molecule has 0 unspecified atom stereocenters. The summed E-state index contributed by atoms with van der Waals surface area (Å²) in [5, 5.41) is 11.3. The summed E-state index contributed by atoms with van der Waals surface area (Å²) in [7, 11) is 0. The predicted molar refractivity (Wildman–Crippen MR) is 92.3 cm³/mol. The summed E-state index contributed by atoms with van der Waals surface area (Å²) in [4.78, 5) is 16.0. The van der Waals surface area contributed by atoms with Crippen LogP contribution in [-0.2, 0) is 4.89 Å². The Morgan fingerprint density at radius 3 is 2.62 bits per heavy atom. The molecule has 24 heavy (non-hydrogen) atoms. The Morgan fingerprint density at radius 2 is 1.88 bits per heavy atom. The Morgan fingerprint density at radius 1 is 1.12 bits per heavy atom. The summed E-state index contributed by atoms with van der Waals surface area (Å²) in [5.41, 5.74) is 0.198. The molecule has 0 aliphatic rings. The molecule has 5 nitrogen and oxygen atoms in total. The van der Waals surface area contributed by atoms with Gasteiger partial charge in [-0.2, -0.15) is 0 Å². The van der Waals surface area contributed by atoms with Crippen LogP contribution in [0.5, 0.6) is 5.75 Å². The van der Waals surface area contributed by atoms with Crippen molar-refractivity contribution in [3.8, 4) is 5.75 Å². The van der Waals surface area contributed by atoms with Crippen molar-refractivity contribution in [3.05, 3.63) is 64.7 Å². The highest BCUT2D eigenvalue weighted by atomic mass is 17.1. The van der Waals surface area contributed by atoms with Crippen LogP contribution < -0.4 is 10.4 Å². The summed E-state index contributed by atoms with van der Waals surface area (Å²) in [6.07, 6.45) is 3.05. The number of ether oxygens (including phenoxy) is 1. The largest absolute Gasteiger partial charge is 0.465 e. The Bertz CT molecular complexity index is 982. The Labute approximate surface area is 138 Å². The number of fused-ring (bicyclic) bond motifs is 3. The van der Waals surface area contributed by atoms with Crippen molar-refractivity contribution < 1.29 is 19.3 Å². The average molecular weight is 326 g/mol. The lowest BCUT2D eigenvalue weighted by molar-refractivity contribution is -0.297. The maximum Gasteiger partial charge on any atom is 0.336 e. The minimum atomic E-state index is -0.846. The van der Waals surface area contributed by atoms with Gasteiger partial charge < -0.3 is 9.15 Å². The molecular formula is C19H18O5. The molecule has 0 fully saturated rings. The topological polar surface area (TPSA) is 68.9 Å². The summed E-state index contributed by atoms with van der Waals surface area (Å²) in [6, 6.07) is 10.9. The van der Waals surface area contributed by atoms with Crippen molar-refractivity contribution in [2.24, 2.45) is 0 Å². The molecule has 124 valence electrons. The third-order valence-corrected chi connectivity index (χ3v) is 3.83. The standard InChI is InChI=1S/C19H18O5/c1-12-11-17(20)23-18-13(12)7-8-14-15(18)5-4-6-16(14)22-10-9-19(2,3)24-21/h4-11,21H,1-3H3/b10-9+. The SMILES string of the molecule is Cc1cc(=O)oc2c1ccc1c(O/C=C/C(C)(C)OO)cccc12. The van der Waals surface area contributed by atoms with Crippen LogP contribution in [-0.4, -0.2) is 10.9 Å². The quantitative estimate of drug-likeness (QED) is 0.253. The van der Waals surface area contributed by atoms with Gasteiger partial charge in [0.2, 0.25) is 0 Å². The van der Waals surface area contributed by atoms with E-state index in [0.29, 0.717) is 11.3 Å². The summed E-state index contributed by atoms with van der Waals surface area (Å²) >= 11 is 0. The van der Waals surface area contributed by atoms with Crippen molar-refractivity contribution in [2.75, 3.05) is 0 Å². The number of rotatable bonds is 4. The number of hydrogen-bond donors (Lipinski definition) is 1. The van der Waals surface area contributed by atoms with Crippen LogP contribution >= 0.6 is 0 Å². The van der Waals surface area contributed by atoms with Gasteiger partial charge in [0.05, 0.1) is 6.26 Å². The summed E-state index contributed by atoms with van der Waals surface area (Å²) < 4.78 is 11.1. The summed E-state index contributed by atoms with van der Waals surface area (Å²) in [6.45, 7) is 5.27. The minimum Gasteiger partial charge on any atom is -0.465 e. The van der Waals surface area contributed by atoms with Crippen molar-refractivity contribution in [1.29, 1.82) is 0 Å². The second-order valence-corrected chi connectivity index (χ2v) is 6.16. The van der Waals surface area contributed by atoms with Gasteiger partial charge in [-0.25, -0.2) is 9.68 Å². The monoisotopic (exact) mass is 326 g/mol. The van der Waals surface area contributed by atoms with Crippen molar-refractivity contribution in [3.63, 3.8) is 0 Å². The molecule has 0 bridgehead atoms. The highest BCUT2D eigenvalue weighted by Gasteiger charge is 2.14. The molecule has 0 radical (unpaired) electrons. The smallest absolute Gasteiger partial charge is 0.336 e. The first-order chi connectivity index (χ1) is 11.4. The second-order valence-electron chi connectivity index (χ2n) is 6.16. The van der Waals surface area contributed by atoms with E-state index in [0.717, 1.165) is 21.7 Å². The van der Waals surface area contributed by atoms with Gasteiger partial charge in [-0.1, -0.05) is 18.2 Å². The molecule has 5 heteroatoms. The van der Waals surface area contributed by atoms with Gasteiger partial charge in [0.1, 0.15) is 16.9 Å². The van der Waals surface area contributed by atoms with E-state index in [1.807, 2.05) is 37.3 Å². The fourth-order valence-corrected chi connectivity index (χ4v) is 2.51. The van der Waals surface area contributed by atoms with Crippen LogP contribution in [0, 0.1) is 6.92 Å². The predicted octanol–water partition coefficient (Wildman–Crippen LogP) is 4.42. The normalized spacial score (nSPS) is 12.3. The Hall–Kier alpha value is -2.63. The highest BCUT2D eigenvalue weighted by molar-refractivity contribution is 6.07. The second kappa shape index (κ2) is 6.11. The third kappa shape index (κ3) is 3.04. The maximum atomic E-state index is 11.7. The van der Waals surface area contributed by atoms with Gasteiger partial charge in [-0.05, 0) is 44.5 Å². The average Bonchev–Trinajstić information content (AvgIpc) is 2.54. The van der Waals surface area contributed by atoms with E-state index in [1.54, 1.807) is 19.9 Å². The molecule has 3 rings (SSSR count). The van der Waals surface area contributed by atoms with E-state index in [-0.39, 0.29) is 5.63 Å². The number of aryl methyl sites for hydroxylation is 1. The number of benzene rings is 2. The van der Waals surface area contributed by atoms with Crippen molar-refractivity contribution >= 4 is 21.7 Å². The molecule has 2 aromatic carbocycles. The zero-order chi connectivity index (χ0) is 17.3. The molecule has 0 aliphatic heterocycles. The van der Waals surface area contributed by atoms with Crippen LogP contribution in [0.1, 0.15) is 19.4 Å². The first kappa shape index (κ1) is 16.2. The fraction of sp³-hybridized carbons (Fsp3) is 0.211. The molecule has 1 N–H and O–H groups in total. The van der Waals surface area contributed by atoms with Crippen LogP contribution in [0.2, 0.25) is 0 Å².